The molecule has 5 nitrogen and oxygen atoms in total. The van der Waals surface area contributed by atoms with E-state index in [0.29, 0.717) is 42.9 Å². The molecule has 6 heteroatoms. The van der Waals surface area contributed by atoms with Crippen LogP contribution in [0.3, 0.4) is 0 Å². The molecule has 1 fully saturated rings. The number of para-hydroxylation sites is 1. The third kappa shape index (κ3) is 2.43. The number of ether oxygens (including phenoxy) is 1. The first-order valence-electron chi connectivity index (χ1n) is 7.59. The molecule has 118 valence electrons. The number of rotatable bonds is 1. The van der Waals surface area contributed by atoms with Crippen LogP contribution in [-0.4, -0.2) is 40.3 Å². The molecule has 4 rings (SSSR count). The summed E-state index contributed by atoms with van der Waals surface area (Å²) >= 11 is 1.47. The maximum absolute atomic E-state index is 12.5. The summed E-state index contributed by atoms with van der Waals surface area (Å²) in [5.74, 6) is 0.634. The summed E-state index contributed by atoms with van der Waals surface area (Å²) in [6.45, 7) is 2.90. The number of aryl methyl sites for hydroxylation is 1. The molecule has 1 aromatic carbocycles. The number of nitrogens with zero attached hydrogens (tertiary/aromatic N) is 2. The van der Waals surface area contributed by atoms with Gasteiger partial charge in [-0.25, -0.2) is 4.98 Å². The lowest BCUT2D eigenvalue weighted by molar-refractivity contribution is 0.0427. The van der Waals surface area contributed by atoms with E-state index in [1.54, 1.807) is 16.3 Å². The van der Waals surface area contributed by atoms with E-state index in [1.807, 2.05) is 25.1 Å². The van der Waals surface area contributed by atoms with Crippen molar-refractivity contribution < 1.29 is 14.3 Å². The van der Waals surface area contributed by atoms with Gasteiger partial charge in [-0.15, -0.1) is 11.3 Å². The minimum atomic E-state index is -0.591. The molecule has 0 saturated carbocycles. The Balaban J connectivity index is 1.56. The molecule has 2 aliphatic rings. The highest BCUT2D eigenvalue weighted by atomic mass is 32.1. The summed E-state index contributed by atoms with van der Waals surface area (Å²) in [6, 6.07) is 7.32. The molecule has 1 spiro atoms. The standard InChI is InChI=1S/C17H16N2O3S/c1-11-18-13(9-23-11)16(21)19-7-6-17(10-19)8-14(20)12-4-2-3-5-15(12)22-17/h2-5,9H,6-8,10H2,1H3/t17-/m0/s1. The van der Waals surface area contributed by atoms with E-state index in [1.165, 1.54) is 11.3 Å². The number of benzene rings is 1. The van der Waals surface area contributed by atoms with E-state index in [2.05, 4.69) is 4.98 Å². The first kappa shape index (κ1) is 14.4. The molecule has 2 aromatic rings. The van der Waals surface area contributed by atoms with E-state index >= 15 is 0 Å². The van der Waals surface area contributed by atoms with Crippen molar-refractivity contribution in [2.45, 2.75) is 25.4 Å². The molecule has 23 heavy (non-hydrogen) atoms. The van der Waals surface area contributed by atoms with Crippen LogP contribution in [0, 0.1) is 6.92 Å². The molecule has 0 aliphatic carbocycles. The number of Topliss-reactive ketones (excluding diaryl/α,β-unsaturated/α-hetero) is 1. The summed E-state index contributed by atoms with van der Waals surface area (Å²) < 4.78 is 6.14. The zero-order chi connectivity index (χ0) is 16.0. The third-order valence-electron chi connectivity index (χ3n) is 4.44. The van der Waals surface area contributed by atoms with Crippen molar-refractivity contribution in [1.82, 2.24) is 9.88 Å². The predicted octanol–water partition coefficient (Wildman–Crippen LogP) is 2.70. The van der Waals surface area contributed by atoms with Crippen molar-refractivity contribution in [3.05, 3.63) is 45.9 Å². The number of thiazole rings is 1. The largest absolute Gasteiger partial charge is 0.484 e. The van der Waals surface area contributed by atoms with E-state index in [9.17, 15) is 9.59 Å². The first-order valence-corrected chi connectivity index (χ1v) is 8.47. The second kappa shape index (κ2) is 5.16. The highest BCUT2D eigenvalue weighted by Gasteiger charge is 2.47. The summed E-state index contributed by atoms with van der Waals surface area (Å²) in [7, 11) is 0. The lowest BCUT2D eigenvalue weighted by Crippen LogP contribution is -2.45. The zero-order valence-electron chi connectivity index (χ0n) is 12.7. The van der Waals surface area contributed by atoms with Crippen molar-refractivity contribution in [1.29, 1.82) is 0 Å². The van der Waals surface area contributed by atoms with Crippen molar-refractivity contribution in [2.24, 2.45) is 0 Å². The smallest absolute Gasteiger partial charge is 0.273 e. The van der Waals surface area contributed by atoms with E-state index in [4.69, 9.17) is 4.74 Å². The summed E-state index contributed by atoms with van der Waals surface area (Å²) in [5, 5.41) is 2.66. The number of aromatic nitrogens is 1. The second-order valence-electron chi connectivity index (χ2n) is 6.11. The Kier molecular flexibility index (Phi) is 3.23. The Labute approximate surface area is 137 Å². The number of likely N-dealkylation sites (tertiary alicyclic amines) is 1. The number of fused-ring (bicyclic) bond motifs is 1. The fourth-order valence-electron chi connectivity index (χ4n) is 3.31. The van der Waals surface area contributed by atoms with Crippen LogP contribution in [0.15, 0.2) is 29.6 Å². The van der Waals surface area contributed by atoms with Gasteiger partial charge in [-0.3, -0.25) is 9.59 Å². The second-order valence-corrected chi connectivity index (χ2v) is 7.17. The average molecular weight is 328 g/mol. The minimum Gasteiger partial charge on any atom is -0.484 e. The Morgan fingerprint density at radius 3 is 3.00 bits per heavy atom. The normalized spacial score (nSPS) is 23.0. The molecular weight excluding hydrogens is 312 g/mol. The van der Waals surface area contributed by atoms with Gasteiger partial charge in [-0.05, 0) is 19.1 Å². The minimum absolute atomic E-state index is 0.0823. The fourth-order valence-corrected chi connectivity index (χ4v) is 3.90. The van der Waals surface area contributed by atoms with Gasteiger partial charge in [-0.2, -0.15) is 0 Å². The van der Waals surface area contributed by atoms with Gasteiger partial charge in [0, 0.05) is 18.3 Å². The van der Waals surface area contributed by atoms with Crippen molar-refractivity contribution >= 4 is 23.0 Å². The molecule has 1 saturated heterocycles. The molecule has 3 heterocycles. The zero-order valence-corrected chi connectivity index (χ0v) is 13.6. The van der Waals surface area contributed by atoms with Gasteiger partial charge in [0.15, 0.2) is 5.78 Å². The van der Waals surface area contributed by atoms with Crippen LogP contribution in [0.1, 0.15) is 38.7 Å². The highest BCUT2D eigenvalue weighted by Crippen LogP contribution is 2.38. The van der Waals surface area contributed by atoms with E-state index < -0.39 is 5.60 Å². The summed E-state index contributed by atoms with van der Waals surface area (Å²) in [5.41, 5.74) is 0.525. The van der Waals surface area contributed by atoms with Gasteiger partial charge in [0.1, 0.15) is 17.0 Å². The molecule has 0 N–H and O–H groups in total. The Bertz CT molecular complexity index is 801. The quantitative estimate of drug-likeness (QED) is 0.807. The number of hydrogen-bond acceptors (Lipinski definition) is 5. The average Bonchev–Trinajstić information content (AvgIpc) is 3.14. The number of carbonyl (C=O) groups excluding carboxylic acids is 2. The predicted molar refractivity (Wildman–Crippen MR) is 86.1 cm³/mol. The van der Waals surface area contributed by atoms with Crippen molar-refractivity contribution in [3.63, 3.8) is 0 Å². The molecule has 1 aromatic heterocycles. The van der Waals surface area contributed by atoms with Gasteiger partial charge >= 0.3 is 0 Å². The number of ketones is 1. The van der Waals surface area contributed by atoms with Gasteiger partial charge in [0.05, 0.1) is 23.5 Å². The van der Waals surface area contributed by atoms with Crippen LogP contribution in [0.25, 0.3) is 0 Å². The van der Waals surface area contributed by atoms with E-state index in [-0.39, 0.29) is 11.7 Å². The van der Waals surface area contributed by atoms with Crippen molar-refractivity contribution in [3.8, 4) is 5.75 Å². The van der Waals surface area contributed by atoms with Crippen LogP contribution in [0.5, 0.6) is 5.75 Å². The third-order valence-corrected chi connectivity index (χ3v) is 5.21. The van der Waals surface area contributed by atoms with Crippen LogP contribution >= 0.6 is 11.3 Å². The van der Waals surface area contributed by atoms with Gasteiger partial charge in [0.25, 0.3) is 5.91 Å². The lowest BCUT2D eigenvalue weighted by atomic mass is 9.89. The van der Waals surface area contributed by atoms with Gasteiger partial charge < -0.3 is 9.64 Å². The van der Waals surface area contributed by atoms with Crippen LogP contribution in [0.4, 0.5) is 0 Å². The Hall–Kier alpha value is -2.21. The monoisotopic (exact) mass is 328 g/mol. The number of amides is 1. The molecule has 1 atom stereocenters. The molecular formula is C17H16N2O3S. The summed E-state index contributed by atoms with van der Waals surface area (Å²) in [4.78, 5) is 31.0. The first-order chi connectivity index (χ1) is 11.1. The Morgan fingerprint density at radius 2 is 2.22 bits per heavy atom. The maximum Gasteiger partial charge on any atom is 0.273 e. The molecule has 1 amide bonds. The topological polar surface area (TPSA) is 59.5 Å². The van der Waals surface area contributed by atoms with Crippen LogP contribution < -0.4 is 4.74 Å². The summed E-state index contributed by atoms with van der Waals surface area (Å²) in [6.07, 6.45) is 0.992. The fraction of sp³-hybridized carbons (Fsp3) is 0.353. The number of carbonyl (C=O) groups is 2. The molecule has 0 radical (unpaired) electrons. The molecule has 0 bridgehead atoms. The van der Waals surface area contributed by atoms with Gasteiger partial charge in [-0.1, -0.05) is 12.1 Å². The molecule has 0 unspecified atom stereocenters. The molecule has 2 aliphatic heterocycles. The van der Waals surface area contributed by atoms with E-state index in [0.717, 1.165) is 5.01 Å². The number of hydrogen-bond donors (Lipinski definition) is 0. The highest BCUT2D eigenvalue weighted by molar-refractivity contribution is 7.09. The van der Waals surface area contributed by atoms with Crippen molar-refractivity contribution in [2.75, 3.05) is 13.1 Å². The Morgan fingerprint density at radius 1 is 1.39 bits per heavy atom. The van der Waals surface area contributed by atoms with Crippen LogP contribution in [-0.2, 0) is 0 Å². The lowest BCUT2D eigenvalue weighted by Gasteiger charge is -2.34. The van der Waals surface area contributed by atoms with Gasteiger partial charge in [0.2, 0.25) is 0 Å². The maximum atomic E-state index is 12.5. The van der Waals surface area contributed by atoms with Crippen LogP contribution in [0.2, 0.25) is 0 Å². The SMILES string of the molecule is Cc1nc(C(=O)N2CC[C@]3(CC(=O)c4ccccc4O3)C2)cs1.